The Balaban J connectivity index is 1.37. The van der Waals surface area contributed by atoms with Gasteiger partial charge in [-0.25, -0.2) is 15.0 Å². The van der Waals surface area contributed by atoms with Crippen LogP contribution in [0.3, 0.4) is 0 Å². The molecule has 0 saturated heterocycles. The molecule has 0 aliphatic heterocycles. The van der Waals surface area contributed by atoms with Gasteiger partial charge >= 0.3 is 23.8 Å². The topological polar surface area (TPSA) is 123 Å². The monoisotopic (exact) mass is 583 g/mol. The lowest BCUT2D eigenvalue weighted by Crippen LogP contribution is -2.33. The first kappa shape index (κ1) is 26.2. The van der Waals surface area contributed by atoms with Crippen molar-refractivity contribution in [1.29, 1.82) is 0 Å². The first-order valence-electron chi connectivity index (χ1n) is 11.2. The van der Waals surface area contributed by atoms with Gasteiger partial charge in [0.2, 0.25) is 0 Å². The van der Waals surface area contributed by atoms with E-state index in [2.05, 4.69) is 31.8 Å². The van der Waals surface area contributed by atoms with Gasteiger partial charge < -0.3 is 14.8 Å². The first-order chi connectivity index (χ1) is 17.8. The Bertz CT molecular complexity index is 1410. The molecule has 1 heterocycles. The van der Waals surface area contributed by atoms with Gasteiger partial charge in [0, 0.05) is 9.35 Å². The standard InChI is InChI=1S/C26H22BrN3O6S/c1-14(15-10-12-16(13-11-15)36-25(33)17-6-3-4-8-19(17)27)29-30-23(32)22(31)28-24-21(26(34)35-2)18-7-5-9-20(18)37-24/h3-4,6,8,10-13H,5,7,9H2,1-2H3,(H,28,31)(H,30,32). The minimum atomic E-state index is -0.984. The van der Waals surface area contributed by atoms with Crippen LogP contribution in [0.4, 0.5) is 5.00 Å². The largest absolute Gasteiger partial charge is 0.465 e. The summed E-state index contributed by atoms with van der Waals surface area (Å²) < 4.78 is 10.9. The van der Waals surface area contributed by atoms with Crippen molar-refractivity contribution >= 4 is 61.7 Å². The number of carbonyl (C=O) groups excluding carboxylic acids is 4. The molecule has 9 nitrogen and oxygen atoms in total. The third-order valence-electron chi connectivity index (χ3n) is 5.65. The molecule has 4 rings (SSSR count). The predicted octanol–water partition coefficient (Wildman–Crippen LogP) is 4.48. The van der Waals surface area contributed by atoms with Gasteiger partial charge in [-0.15, -0.1) is 11.3 Å². The van der Waals surface area contributed by atoms with Gasteiger partial charge in [0.15, 0.2) is 0 Å². The van der Waals surface area contributed by atoms with Crippen LogP contribution in [-0.2, 0) is 27.2 Å². The van der Waals surface area contributed by atoms with Gasteiger partial charge in [0.25, 0.3) is 0 Å². The van der Waals surface area contributed by atoms with Crippen molar-refractivity contribution in [2.24, 2.45) is 5.10 Å². The molecule has 1 aliphatic rings. The number of fused-ring (bicyclic) bond motifs is 1. The number of ether oxygens (including phenoxy) is 2. The Kier molecular flexibility index (Phi) is 8.14. The number of hydrogen-bond acceptors (Lipinski definition) is 8. The fraction of sp³-hybridized carbons (Fsp3) is 0.192. The third-order valence-corrected chi connectivity index (χ3v) is 7.54. The van der Waals surface area contributed by atoms with Gasteiger partial charge in [-0.05, 0) is 89.6 Å². The number of rotatable bonds is 6. The number of hydrazone groups is 1. The van der Waals surface area contributed by atoms with Crippen molar-refractivity contribution < 1.29 is 28.7 Å². The summed E-state index contributed by atoms with van der Waals surface area (Å²) in [6, 6.07) is 13.5. The quantitative estimate of drug-likeness (QED) is 0.145. The molecule has 0 spiro atoms. The molecule has 1 aliphatic carbocycles. The van der Waals surface area contributed by atoms with E-state index >= 15 is 0 Å². The molecule has 0 unspecified atom stereocenters. The van der Waals surface area contributed by atoms with Crippen LogP contribution in [0.15, 0.2) is 58.1 Å². The van der Waals surface area contributed by atoms with E-state index in [0.717, 1.165) is 29.7 Å². The van der Waals surface area contributed by atoms with E-state index in [1.165, 1.54) is 18.4 Å². The number of halogens is 1. The smallest absolute Gasteiger partial charge is 0.344 e. The lowest BCUT2D eigenvalue weighted by molar-refractivity contribution is -0.136. The first-order valence-corrected chi connectivity index (χ1v) is 12.8. The van der Waals surface area contributed by atoms with Gasteiger partial charge in [-0.1, -0.05) is 12.1 Å². The van der Waals surface area contributed by atoms with E-state index in [-0.39, 0.29) is 0 Å². The molecule has 0 fully saturated rings. The number of anilines is 1. The molecule has 3 aromatic rings. The molecule has 0 bridgehead atoms. The summed E-state index contributed by atoms with van der Waals surface area (Å²) in [5.74, 6) is -2.65. The molecule has 37 heavy (non-hydrogen) atoms. The van der Waals surface area contributed by atoms with Gasteiger partial charge in [-0.3, -0.25) is 9.59 Å². The summed E-state index contributed by atoms with van der Waals surface area (Å²) >= 11 is 4.60. The second kappa shape index (κ2) is 11.5. The molecule has 2 aromatic carbocycles. The fourth-order valence-corrected chi connectivity index (χ4v) is 5.49. The van der Waals surface area contributed by atoms with Crippen LogP contribution in [0.1, 0.15) is 50.1 Å². The maximum Gasteiger partial charge on any atom is 0.344 e. The molecule has 0 saturated carbocycles. The van der Waals surface area contributed by atoms with Crippen molar-refractivity contribution in [3.63, 3.8) is 0 Å². The van der Waals surface area contributed by atoms with E-state index in [9.17, 15) is 19.2 Å². The highest BCUT2D eigenvalue weighted by Crippen LogP contribution is 2.39. The second-order valence-electron chi connectivity index (χ2n) is 8.04. The predicted molar refractivity (Wildman–Crippen MR) is 142 cm³/mol. The summed E-state index contributed by atoms with van der Waals surface area (Å²) in [7, 11) is 1.27. The van der Waals surface area contributed by atoms with Crippen LogP contribution in [0.25, 0.3) is 0 Å². The van der Waals surface area contributed by atoms with Crippen molar-refractivity contribution in [2.45, 2.75) is 26.2 Å². The maximum absolute atomic E-state index is 12.5. The van der Waals surface area contributed by atoms with Gasteiger partial charge in [0.05, 0.1) is 23.9 Å². The van der Waals surface area contributed by atoms with E-state index in [1.807, 2.05) is 0 Å². The number of hydrogen-bond donors (Lipinski definition) is 2. The average molecular weight is 584 g/mol. The minimum absolute atomic E-state index is 0.296. The zero-order chi connectivity index (χ0) is 26.5. The molecule has 2 amide bonds. The molecule has 0 radical (unpaired) electrons. The average Bonchev–Trinajstić information content (AvgIpc) is 3.48. The summed E-state index contributed by atoms with van der Waals surface area (Å²) in [6.45, 7) is 1.65. The Morgan fingerprint density at radius 1 is 0.973 bits per heavy atom. The van der Waals surface area contributed by atoms with E-state index in [0.29, 0.717) is 37.6 Å². The Morgan fingerprint density at radius 2 is 1.70 bits per heavy atom. The van der Waals surface area contributed by atoms with Crippen molar-refractivity contribution in [3.8, 4) is 5.75 Å². The molecular weight excluding hydrogens is 562 g/mol. The molecule has 190 valence electrons. The number of nitrogens with one attached hydrogen (secondary N) is 2. The number of aryl methyl sites for hydroxylation is 1. The van der Waals surface area contributed by atoms with Gasteiger partial charge in [-0.2, -0.15) is 5.10 Å². The highest BCUT2D eigenvalue weighted by atomic mass is 79.9. The maximum atomic E-state index is 12.5. The number of thiophene rings is 1. The number of carbonyl (C=O) groups is 4. The zero-order valence-electron chi connectivity index (χ0n) is 19.9. The third kappa shape index (κ3) is 5.95. The van der Waals surface area contributed by atoms with Gasteiger partial charge in [0.1, 0.15) is 10.8 Å². The van der Waals surface area contributed by atoms with Crippen molar-refractivity contribution in [1.82, 2.24) is 5.43 Å². The Morgan fingerprint density at radius 3 is 2.41 bits per heavy atom. The second-order valence-corrected chi connectivity index (χ2v) is 10.00. The number of nitrogens with zero attached hydrogens (tertiary/aromatic N) is 1. The molecule has 2 N–H and O–H groups in total. The van der Waals surface area contributed by atoms with E-state index < -0.39 is 23.8 Å². The van der Waals surface area contributed by atoms with Crippen molar-refractivity contribution in [2.75, 3.05) is 12.4 Å². The van der Waals surface area contributed by atoms with Crippen LogP contribution in [0.5, 0.6) is 5.75 Å². The molecule has 1 aromatic heterocycles. The van der Waals surface area contributed by atoms with Crippen LogP contribution in [-0.4, -0.2) is 36.6 Å². The van der Waals surface area contributed by atoms with Crippen LogP contribution in [0, 0.1) is 0 Å². The van der Waals surface area contributed by atoms with E-state index in [1.54, 1.807) is 55.5 Å². The summed E-state index contributed by atoms with van der Waals surface area (Å²) in [6.07, 6.45) is 2.48. The van der Waals surface area contributed by atoms with E-state index in [4.69, 9.17) is 9.47 Å². The zero-order valence-corrected chi connectivity index (χ0v) is 22.3. The number of methoxy groups -OCH3 is 1. The van der Waals surface area contributed by atoms with Crippen molar-refractivity contribution in [3.05, 3.63) is 80.1 Å². The molecular formula is C26H22BrN3O6S. The number of esters is 2. The van der Waals surface area contributed by atoms with Crippen LogP contribution in [0.2, 0.25) is 0 Å². The highest BCUT2D eigenvalue weighted by Gasteiger charge is 2.29. The lowest BCUT2D eigenvalue weighted by atomic mass is 10.1. The Labute approximate surface area is 225 Å². The highest BCUT2D eigenvalue weighted by molar-refractivity contribution is 9.10. The van der Waals surface area contributed by atoms with Crippen LogP contribution >= 0.6 is 27.3 Å². The summed E-state index contributed by atoms with van der Waals surface area (Å²) in [4.78, 5) is 50.4. The SMILES string of the molecule is COC(=O)c1c(NC(=O)C(=O)NN=C(C)c2ccc(OC(=O)c3ccccc3Br)cc2)sc2c1CCC2. The molecule has 11 heteroatoms. The normalized spacial score (nSPS) is 12.5. The Hall–Kier alpha value is -3.83. The summed E-state index contributed by atoms with van der Waals surface area (Å²) in [5, 5.41) is 6.79. The van der Waals surface area contributed by atoms with Crippen LogP contribution < -0.4 is 15.5 Å². The fourth-order valence-electron chi connectivity index (χ4n) is 3.77. The number of amides is 2. The molecule has 0 atom stereocenters. The summed E-state index contributed by atoms with van der Waals surface area (Å²) in [5.41, 5.74) is 4.86. The lowest BCUT2D eigenvalue weighted by Gasteiger charge is -2.08. The number of benzene rings is 2. The minimum Gasteiger partial charge on any atom is -0.465 e.